The highest BCUT2D eigenvalue weighted by molar-refractivity contribution is 5.92. The van der Waals surface area contributed by atoms with Crippen molar-refractivity contribution in [1.29, 1.82) is 0 Å². The van der Waals surface area contributed by atoms with Gasteiger partial charge in [-0.3, -0.25) is 14.3 Å². The van der Waals surface area contributed by atoms with Crippen molar-refractivity contribution in [3.05, 3.63) is 18.0 Å². The molecule has 5 rings (SSSR count). The number of aliphatic hydroxyl groups is 1. The van der Waals surface area contributed by atoms with Crippen molar-refractivity contribution in [2.75, 3.05) is 0 Å². The van der Waals surface area contributed by atoms with Gasteiger partial charge >= 0.3 is 0 Å². The molecule has 6 nitrogen and oxygen atoms in total. The molecule has 0 spiro atoms. The zero-order chi connectivity index (χ0) is 22.0. The molecule has 0 saturated heterocycles. The van der Waals surface area contributed by atoms with Crippen LogP contribution in [0.1, 0.15) is 82.0 Å². The Labute approximate surface area is 185 Å². The summed E-state index contributed by atoms with van der Waals surface area (Å²) in [4.78, 5) is 24.6. The molecule has 0 bridgehead atoms. The van der Waals surface area contributed by atoms with E-state index in [1.54, 1.807) is 10.9 Å². The summed E-state index contributed by atoms with van der Waals surface area (Å²) in [6.07, 6.45) is 13.2. The molecule has 3 N–H and O–H groups in total. The maximum absolute atomic E-state index is 13.3. The Balaban J connectivity index is 1.29. The number of fused-ring (bicyclic) bond motifs is 5. The first-order valence-corrected chi connectivity index (χ1v) is 12.3. The molecule has 4 aliphatic rings. The molecule has 8 atom stereocenters. The van der Waals surface area contributed by atoms with Crippen LogP contribution < -0.4 is 5.73 Å². The maximum Gasteiger partial charge on any atom is 0.251 e. The van der Waals surface area contributed by atoms with Gasteiger partial charge in [0.2, 0.25) is 0 Å². The Bertz CT molecular complexity index is 877. The largest absolute Gasteiger partial charge is 0.390 e. The summed E-state index contributed by atoms with van der Waals surface area (Å²) in [7, 11) is 0. The first-order valence-electron chi connectivity index (χ1n) is 12.3. The van der Waals surface area contributed by atoms with E-state index in [1.165, 1.54) is 31.9 Å². The van der Waals surface area contributed by atoms with Crippen molar-refractivity contribution < 1.29 is 14.7 Å². The zero-order valence-corrected chi connectivity index (χ0v) is 18.9. The number of nitrogens with two attached hydrogens (primary N) is 1. The minimum Gasteiger partial charge on any atom is -0.390 e. The highest BCUT2D eigenvalue weighted by Crippen LogP contribution is 2.64. The van der Waals surface area contributed by atoms with Crippen LogP contribution in [-0.4, -0.2) is 32.2 Å². The maximum atomic E-state index is 13.3. The molecule has 4 saturated carbocycles. The van der Waals surface area contributed by atoms with Gasteiger partial charge in [0.05, 0.1) is 23.9 Å². The summed E-state index contributed by atoms with van der Waals surface area (Å²) < 4.78 is 1.57. The van der Waals surface area contributed by atoms with Crippen LogP contribution in [0.4, 0.5) is 0 Å². The minimum absolute atomic E-state index is 0.0875. The number of carbonyl (C=O) groups excluding carboxylic acids is 2. The number of hydrogen-bond acceptors (Lipinski definition) is 4. The molecule has 0 unspecified atom stereocenters. The van der Waals surface area contributed by atoms with E-state index in [0.717, 1.165) is 49.9 Å². The average molecular weight is 428 g/mol. The van der Waals surface area contributed by atoms with Crippen molar-refractivity contribution >= 4 is 11.7 Å². The molecule has 4 aliphatic carbocycles. The molecule has 1 aromatic heterocycles. The quantitative estimate of drug-likeness (QED) is 0.767. The summed E-state index contributed by atoms with van der Waals surface area (Å²) in [6, 6.07) is 0. The van der Waals surface area contributed by atoms with E-state index in [1.807, 2.05) is 6.92 Å². The summed E-state index contributed by atoms with van der Waals surface area (Å²) in [6.45, 7) is 4.62. The lowest BCUT2D eigenvalue weighted by atomic mass is 9.49. The van der Waals surface area contributed by atoms with Gasteiger partial charge in [-0.25, -0.2) is 0 Å². The van der Waals surface area contributed by atoms with Crippen LogP contribution in [-0.2, 0) is 11.3 Å². The van der Waals surface area contributed by atoms with Gasteiger partial charge < -0.3 is 10.8 Å². The molecule has 0 aliphatic heterocycles. The number of Topliss-reactive ketones (excluding diaryl/α,β-unsaturated/α-hetero) is 1. The Morgan fingerprint density at radius 3 is 2.61 bits per heavy atom. The average Bonchev–Trinajstić information content (AvgIpc) is 3.31. The van der Waals surface area contributed by atoms with Crippen molar-refractivity contribution in [3.8, 4) is 0 Å². The number of rotatable bonds is 4. The molecule has 1 amide bonds. The topological polar surface area (TPSA) is 98.2 Å². The molecule has 6 heteroatoms. The number of carbonyl (C=O) groups is 2. The fraction of sp³-hybridized carbons (Fsp3) is 0.800. The summed E-state index contributed by atoms with van der Waals surface area (Å²) in [5.74, 6) is 3.46. The highest BCUT2D eigenvalue weighted by Gasteiger charge is 2.58. The number of ketones is 1. The van der Waals surface area contributed by atoms with E-state index in [4.69, 9.17) is 5.73 Å². The molecule has 0 aromatic carbocycles. The monoisotopic (exact) mass is 427 g/mol. The van der Waals surface area contributed by atoms with Crippen LogP contribution in [0.3, 0.4) is 0 Å². The molecule has 31 heavy (non-hydrogen) atoms. The zero-order valence-electron chi connectivity index (χ0n) is 18.9. The van der Waals surface area contributed by atoms with Crippen LogP contribution in [0.15, 0.2) is 12.4 Å². The van der Waals surface area contributed by atoms with Crippen LogP contribution >= 0.6 is 0 Å². The van der Waals surface area contributed by atoms with Gasteiger partial charge in [-0.15, -0.1) is 0 Å². The summed E-state index contributed by atoms with van der Waals surface area (Å²) in [5.41, 5.74) is 5.29. The lowest BCUT2D eigenvalue weighted by Crippen LogP contribution is -2.51. The van der Waals surface area contributed by atoms with Gasteiger partial charge in [-0.05, 0) is 99.7 Å². The van der Waals surface area contributed by atoms with Crippen molar-refractivity contribution in [3.63, 3.8) is 0 Å². The normalized spacial score (nSPS) is 44.2. The van der Waals surface area contributed by atoms with Crippen molar-refractivity contribution in [2.45, 2.75) is 83.8 Å². The highest BCUT2D eigenvalue weighted by atomic mass is 16.3. The molecular weight excluding hydrogens is 390 g/mol. The number of aromatic nitrogens is 2. The fourth-order valence-corrected chi connectivity index (χ4v) is 8.46. The molecule has 170 valence electrons. The second kappa shape index (κ2) is 7.43. The van der Waals surface area contributed by atoms with Crippen LogP contribution in [0, 0.1) is 40.9 Å². The molecule has 4 fully saturated rings. The molecular formula is C25H37N3O3. The predicted molar refractivity (Wildman–Crippen MR) is 117 cm³/mol. The van der Waals surface area contributed by atoms with E-state index in [2.05, 4.69) is 12.0 Å². The van der Waals surface area contributed by atoms with Crippen molar-refractivity contribution in [1.82, 2.24) is 9.78 Å². The van der Waals surface area contributed by atoms with Gasteiger partial charge in [0, 0.05) is 12.1 Å². The number of amides is 1. The summed E-state index contributed by atoms with van der Waals surface area (Å²) in [5, 5.41) is 14.8. The number of nitrogens with zero attached hydrogens (tertiary/aromatic N) is 2. The van der Waals surface area contributed by atoms with Gasteiger partial charge in [0.1, 0.15) is 0 Å². The second-order valence-corrected chi connectivity index (χ2v) is 11.6. The first kappa shape index (κ1) is 21.2. The summed E-state index contributed by atoms with van der Waals surface area (Å²) >= 11 is 0. The second-order valence-electron chi connectivity index (χ2n) is 11.6. The third-order valence-corrected chi connectivity index (χ3v) is 9.86. The third-order valence-electron chi connectivity index (χ3n) is 9.86. The molecule has 0 radical (unpaired) electrons. The SMILES string of the molecule is C[C@@]1(O)CC[C@H]2[C@H](CC[C@@H]3[C@@H]2CC[C@]2(C)[C@@H](C(=O)Cn4cc(C(N)=O)cn4)CC[C@@H]32)C1. The van der Waals surface area contributed by atoms with Crippen LogP contribution in [0.25, 0.3) is 0 Å². The Morgan fingerprint density at radius 1 is 1.10 bits per heavy atom. The lowest BCUT2D eigenvalue weighted by molar-refractivity contribution is -0.133. The Morgan fingerprint density at radius 2 is 1.87 bits per heavy atom. The van der Waals surface area contributed by atoms with E-state index < -0.39 is 11.5 Å². The van der Waals surface area contributed by atoms with E-state index >= 15 is 0 Å². The van der Waals surface area contributed by atoms with E-state index in [9.17, 15) is 14.7 Å². The van der Waals surface area contributed by atoms with Crippen LogP contribution in [0.2, 0.25) is 0 Å². The Hall–Kier alpha value is -1.69. The molecule has 1 aromatic rings. The van der Waals surface area contributed by atoms with E-state index in [-0.39, 0.29) is 23.7 Å². The standard InChI is InChI=1S/C25H37N3O3/c1-24(31)9-7-17-15(11-24)3-4-19-18(17)8-10-25(2)20(19)5-6-21(25)22(29)14-28-13-16(12-27-28)23(26)30/h12-13,15,17-21,31H,3-11,14H2,1-2H3,(H2,26,30)/t15-,17+,18-,19-,20+,21-,24-,25+/m1/s1. The fourth-order valence-electron chi connectivity index (χ4n) is 8.46. The minimum atomic E-state index is -0.509. The Kier molecular flexibility index (Phi) is 5.07. The number of primary amides is 1. The smallest absolute Gasteiger partial charge is 0.251 e. The van der Waals surface area contributed by atoms with Gasteiger partial charge in [-0.1, -0.05) is 6.92 Å². The first-order chi connectivity index (χ1) is 14.7. The lowest BCUT2D eigenvalue weighted by Gasteiger charge is -2.56. The molecule has 1 heterocycles. The van der Waals surface area contributed by atoms with Crippen molar-refractivity contribution in [2.24, 2.45) is 46.7 Å². The van der Waals surface area contributed by atoms with Gasteiger partial charge in [0.25, 0.3) is 5.91 Å². The van der Waals surface area contributed by atoms with Gasteiger partial charge in [-0.2, -0.15) is 5.10 Å². The third kappa shape index (κ3) is 3.55. The number of hydrogen-bond donors (Lipinski definition) is 2. The van der Waals surface area contributed by atoms with E-state index in [0.29, 0.717) is 17.4 Å². The van der Waals surface area contributed by atoms with Gasteiger partial charge in [0.15, 0.2) is 5.78 Å². The predicted octanol–water partition coefficient (Wildman–Crippen LogP) is 3.57. The van der Waals surface area contributed by atoms with Crippen LogP contribution in [0.5, 0.6) is 0 Å².